The van der Waals surface area contributed by atoms with Crippen LogP contribution in [0.4, 0.5) is 0 Å². The number of para-hydroxylation sites is 2. The van der Waals surface area contributed by atoms with E-state index in [1.165, 1.54) is 24.2 Å². The summed E-state index contributed by atoms with van der Waals surface area (Å²) in [5, 5.41) is 3.60. The van der Waals surface area contributed by atoms with Crippen molar-refractivity contribution in [1.29, 1.82) is 0 Å². The lowest BCUT2D eigenvalue weighted by atomic mass is 9.98. The van der Waals surface area contributed by atoms with Crippen molar-refractivity contribution in [3.63, 3.8) is 0 Å². The van der Waals surface area contributed by atoms with Gasteiger partial charge in [-0.3, -0.25) is 0 Å². The summed E-state index contributed by atoms with van der Waals surface area (Å²) in [6, 6.07) is 9.07. The van der Waals surface area contributed by atoms with E-state index in [1.807, 2.05) is 0 Å². The van der Waals surface area contributed by atoms with Gasteiger partial charge in [0.1, 0.15) is 5.82 Å². The van der Waals surface area contributed by atoms with Crippen LogP contribution in [0, 0.1) is 5.92 Å². The molecule has 0 spiro atoms. The molecule has 0 radical (unpaired) electrons. The summed E-state index contributed by atoms with van der Waals surface area (Å²) >= 11 is 0. The van der Waals surface area contributed by atoms with Crippen molar-refractivity contribution in [3.8, 4) is 0 Å². The normalized spacial score (nSPS) is 13.2. The summed E-state index contributed by atoms with van der Waals surface area (Å²) in [6.07, 6.45) is 3.48. The van der Waals surface area contributed by atoms with Crippen molar-refractivity contribution in [2.45, 2.75) is 59.5 Å². The smallest absolute Gasteiger partial charge is 0.109 e. The molecular weight excluding hydrogens is 258 g/mol. The molecule has 1 aromatic heterocycles. The Labute approximate surface area is 128 Å². The molecule has 1 unspecified atom stereocenters. The number of fused-ring (bicyclic) bond motifs is 1. The van der Waals surface area contributed by atoms with Crippen molar-refractivity contribution in [2.24, 2.45) is 5.92 Å². The van der Waals surface area contributed by atoms with Gasteiger partial charge < -0.3 is 9.88 Å². The monoisotopic (exact) mass is 287 g/mol. The third-order valence-electron chi connectivity index (χ3n) is 4.24. The molecule has 0 saturated heterocycles. The van der Waals surface area contributed by atoms with Gasteiger partial charge in [-0.25, -0.2) is 4.98 Å². The van der Waals surface area contributed by atoms with Crippen molar-refractivity contribution in [1.82, 2.24) is 14.9 Å². The summed E-state index contributed by atoms with van der Waals surface area (Å²) < 4.78 is 2.35. The van der Waals surface area contributed by atoms with E-state index >= 15 is 0 Å². The Morgan fingerprint density at radius 1 is 1.19 bits per heavy atom. The van der Waals surface area contributed by atoms with E-state index in [0.717, 1.165) is 25.0 Å². The maximum absolute atomic E-state index is 4.81. The van der Waals surface area contributed by atoms with Crippen LogP contribution in [0.25, 0.3) is 11.0 Å². The van der Waals surface area contributed by atoms with Crippen LogP contribution >= 0.6 is 0 Å². The molecule has 1 heterocycles. The fourth-order valence-corrected chi connectivity index (χ4v) is 3.08. The maximum Gasteiger partial charge on any atom is 0.109 e. The highest BCUT2D eigenvalue weighted by Crippen LogP contribution is 2.18. The van der Waals surface area contributed by atoms with Gasteiger partial charge >= 0.3 is 0 Å². The number of imidazole rings is 1. The SMILES string of the molecule is CCNC(CCCc1nc2ccccc2n1CC)C(C)C. The van der Waals surface area contributed by atoms with Gasteiger partial charge in [-0.1, -0.05) is 32.9 Å². The average Bonchev–Trinajstić information content (AvgIpc) is 2.83. The zero-order valence-electron chi connectivity index (χ0n) is 13.9. The molecule has 3 heteroatoms. The van der Waals surface area contributed by atoms with Gasteiger partial charge in [0.05, 0.1) is 11.0 Å². The van der Waals surface area contributed by atoms with Gasteiger partial charge in [-0.15, -0.1) is 0 Å². The first kappa shape index (κ1) is 16.0. The lowest BCUT2D eigenvalue weighted by molar-refractivity contribution is 0.375. The van der Waals surface area contributed by atoms with E-state index in [-0.39, 0.29) is 0 Å². The fourth-order valence-electron chi connectivity index (χ4n) is 3.08. The fraction of sp³-hybridized carbons (Fsp3) is 0.611. The third kappa shape index (κ3) is 3.85. The molecule has 1 aromatic carbocycles. The van der Waals surface area contributed by atoms with Crippen LogP contribution in [-0.2, 0) is 13.0 Å². The lowest BCUT2D eigenvalue weighted by Crippen LogP contribution is -2.33. The minimum atomic E-state index is 0.620. The van der Waals surface area contributed by atoms with E-state index in [0.29, 0.717) is 12.0 Å². The number of hydrogen-bond acceptors (Lipinski definition) is 2. The quantitative estimate of drug-likeness (QED) is 0.795. The molecule has 0 fully saturated rings. The third-order valence-corrected chi connectivity index (χ3v) is 4.24. The Hall–Kier alpha value is -1.35. The predicted molar refractivity (Wildman–Crippen MR) is 90.6 cm³/mol. The van der Waals surface area contributed by atoms with Gasteiger partial charge in [0.25, 0.3) is 0 Å². The van der Waals surface area contributed by atoms with E-state index in [2.05, 4.69) is 61.8 Å². The molecule has 0 saturated carbocycles. The first-order valence-electron chi connectivity index (χ1n) is 8.34. The number of benzene rings is 1. The number of nitrogens with one attached hydrogen (secondary N) is 1. The average molecular weight is 287 g/mol. The lowest BCUT2D eigenvalue weighted by Gasteiger charge is -2.21. The highest BCUT2D eigenvalue weighted by Gasteiger charge is 2.13. The predicted octanol–water partition coefficient (Wildman–Crippen LogP) is 4.01. The molecule has 3 nitrogen and oxygen atoms in total. The van der Waals surface area contributed by atoms with Crippen LogP contribution in [-0.4, -0.2) is 22.1 Å². The van der Waals surface area contributed by atoms with E-state index in [4.69, 9.17) is 4.98 Å². The van der Waals surface area contributed by atoms with Crippen LogP contribution in [0.3, 0.4) is 0 Å². The highest BCUT2D eigenvalue weighted by molar-refractivity contribution is 5.75. The van der Waals surface area contributed by atoms with Crippen LogP contribution in [0.2, 0.25) is 0 Å². The zero-order valence-corrected chi connectivity index (χ0v) is 13.9. The van der Waals surface area contributed by atoms with Gasteiger partial charge in [-0.2, -0.15) is 0 Å². The van der Waals surface area contributed by atoms with Crippen LogP contribution in [0.1, 0.15) is 46.4 Å². The van der Waals surface area contributed by atoms with E-state index < -0.39 is 0 Å². The van der Waals surface area contributed by atoms with Crippen molar-refractivity contribution in [3.05, 3.63) is 30.1 Å². The molecule has 0 amide bonds. The summed E-state index contributed by atoms with van der Waals surface area (Å²) in [5.74, 6) is 1.92. The summed E-state index contributed by atoms with van der Waals surface area (Å²) in [7, 11) is 0. The standard InChI is InChI=1S/C18H29N3/c1-5-19-15(14(3)4)11-9-13-18-20-16-10-7-8-12-17(16)21(18)6-2/h7-8,10,12,14-15,19H,5-6,9,11,13H2,1-4H3. The molecular formula is C18H29N3. The topological polar surface area (TPSA) is 29.9 Å². The van der Waals surface area contributed by atoms with Crippen LogP contribution in [0.5, 0.6) is 0 Å². The molecule has 0 aliphatic heterocycles. The molecule has 0 aliphatic rings. The second-order valence-corrected chi connectivity index (χ2v) is 6.06. The molecule has 21 heavy (non-hydrogen) atoms. The largest absolute Gasteiger partial charge is 0.328 e. The molecule has 116 valence electrons. The number of aromatic nitrogens is 2. The molecule has 2 aromatic rings. The molecule has 2 rings (SSSR count). The van der Waals surface area contributed by atoms with E-state index in [9.17, 15) is 0 Å². The number of nitrogens with zero attached hydrogens (tertiary/aromatic N) is 2. The Kier molecular flexibility index (Phi) is 5.80. The van der Waals surface area contributed by atoms with Gasteiger partial charge in [0.15, 0.2) is 0 Å². The van der Waals surface area contributed by atoms with Gasteiger partial charge in [-0.05, 0) is 44.4 Å². The molecule has 0 bridgehead atoms. The van der Waals surface area contributed by atoms with Crippen molar-refractivity contribution < 1.29 is 0 Å². The second-order valence-electron chi connectivity index (χ2n) is 6.06. The second kappa shape index (κ2) is 7.60. The number of hydrogen-bond donors (Lipinski definition) is 1. The Bertz CT molecular complexity index is 557. The zero-order chi connectivity index (χ0) is 15.2. The highest BCUT2D eigenvalue weighted by atomic mass is 15.1. The number of rotatable bonds is 8. The maximum atomic E-state index is 4.81. The Morgan fingerprint density at radius 3 is 2.62 bits per heavy atom. The first-order valence-corrected chi connectivity index (χ1v) is 8.34. The summed E-state index contributed by atoms with van der Waals surface area (Å²) in [4.78, 5) is 4.81. The summed E-state index contributed by atoms with van der Waals surface area (Å²) in [5.41, 5.74) is 2.39. The van der Waals surface area contributed by atoms with Crippen LogP contribution < -0.4 is 5.32 Å². The molecule has 0 aliphatic carbocycles. The molecule has 1 N–H and O–H groups in total. The van der Waals surface area contributed by atoms with Crippen molar-refractivity contribution in [2.75, 3.05) is 6.54 Å². The first-order chi connectivity index (χ1) is 10.2. The summed E-state index contributed by atoms with van der Waals surface area (Å²) in [6.45, 7) is 11.0. The molecule has 1 atom stereocenters. The minimum absolute atomic E-state index is 0.620. The number of aryl methyl sites for hydroxylation is 2. The Morgan fingerprint density at radius 2 is 1.95 bits per heavy atom. The van der Waals surface area contributed by atoms with Gasteiger partial charge in [0, 0.05) is 19.0 Å². The van der Waals surface area contributed by atoms with E-state index in [1.54, 1.807) is 0 Å². The van der Waals surface area contributed by atoms with Gasteiger partial charge in [0.2, 0.25) is 0 Å². The Balaban J connectivity index is 2.03. The van der Waals surface area contributed by atoms with Crippen LogP contribution in [0.15, 0.2) is 24.3 Å². The minimum Gasteiger partial charge on any atom is -0.328 e. The van der Waals surface area contributed by atoms with Crippen molar-refractivity contribution >= 4 is 11.0 Å².